The number of fused-ring (bicyclic) bond motifs is 2. The highest BCUT2D eigenvalue weighted by Gasteiger charge is 2.26. The standard InChI is InChI=1S/C31H38FN3O3/c1-30(2)16-10-18-35(20-28(36)34-21-31(3,4)24-12-5-6-13-25(24)32)19-23-11-9-17-33-29(23)38-27-15-8-7-14-26(27)37-22-30/h5-9,11-15,17H,10,16,18-22H2,1-4H3,(H,34,36). The highest BCUT2D eigenvalue weighted by molar-refractivity contribution is 5.78. The van der Waals surface area contributed by atoms with Gasteiger partial charge in [-0.15, -0.1) is 0 Å². The molecule has 3 aromatic rings. The SMILES string of the molecule is CC1(C)CCCN(CC(=O)NCC(C)(C)c2ccccc2F)Cc2cccnc2Oc2ccccc2OC1. The molecule has 6 nitrogen and oxygen atoms in total. The lowest BCUT2D eigenvalue weighted by atomic mass is 9.84. The Hall–Kier alpha value is -3.45. The number of benzene rings is 2. The van der Waals surface area contributed by atoms with Crippen LogP contribution in [-0.2, 0) is 16.8 Å². The van der Waals surface area contributed by atoms with Gasteiger partial charge >= 0.3 is 0 Å². The summed E-state index contributed by atoms with van der Waals surface area (Å²) in [4.78, 5) is 19.7. The van der Waals surface area contributed by atoms with Crippen LogP contribution in [0.2, 0.25) is 0 Å². The first-order valence-corrected chi connectivity index (χ1v) is 13.2. The molecule has 0 atom stereocenters. The normalized spacial score (nSPS) is 16.3. The second-order valence-corrected chi connectivity index (χ2v) is 11.4. The molecular formula is C31H38FN3O3. The molecule has 4 rings (SSSR count). The van der Waals surface area contributed by atoms with Gasteiger partial charge in [-0.3, -0.25) is 9.69 Å². The van der Waals surface area contributed by atoms with Gasteiger partial charge in [-0.25, -0.2) is 9.37 Å². The van der Waals surface area contributed by atoms with Crippen molar-refractivity contribution in [1.82, 2.24) is 15.2 Å². The summed E-state index contributed by atoms with van der Waals surface area (Å²) in [5.74, 6) is 1.43. The van der Waals surface area contributed by atoms with Crippen LogP contribution >= 0.6 is 0 Å². The molecule has 0 saturated heterocycles. The Labute approximate surface area is 225 Å². The van der Waals surface area contributed by atoms with Crippen LogP contribution in [0.25, 0.3) is 0 Å². The summed E-state index contributed by atoms with van der Waals surface area (Å²) in [6.07, 6.45) is 3.54. The lowest BCUT2D eigenvalue weighted by Crippen LogP contribution is -2.42. The molecule has 2 aromatic carbocycles. The van der Waals surface area contributed by atoms with E-state index in [1.165, 1.54) is 6.07 Å². The van der Waals surface area contributed by atoms with Crippen LogP contribution in [0.15, 0.2) is 66.9 Å². The zero-order valence-electron chi connectivity index (χ0n) is 22.8. The molecule has 0 bridgehead atoms. The first-order valence-electron chi connectivity index (χ1n) is 13.2. The van der Waals surface area contributed by atoms with Crippen LogP contribution in [0.1, 0.15) is 51.7 Å². The number of carbonyl (C=O) groups excluding carboxylic acids is 1. The fourth-order valence-electron chi connectivity index (χ4n) is 4.66. The van der Waals surface area contributed by atoms with Gasteiger partial charge in [0, 0.05) is 30.3 Å². The van der Waals surface area contributed by atoms with Crippen LogP contribution in [0, 0.1) is 11.2 Å². The van der Waals surface area contributed by atoms with Gasteiger partial charge in [0.05, 0.1) is 13.2 Å². The van der Waals surface area contributed by atoms with Crippen molar-refractivity contribution in [3.8, 4) is 17.4 Å². The van der Waals surface area contributed by atoms with Gasteiger partial charge < -0.3 is 14.8 Å². The average molecular weight is 520 g/mol. The Kier molecular flexibility index (Phi) is 8.67. The first-order chi connectivity index (χ1) is 18.1. The van der Waals surface area contributed by atoms with E-state index in [1.54, 1.807) is 18.3 Å². The van der Waals surface area contributed by atoms with E-state index in [0.29, 0.717) is 42.6 Å². The highest BCUT2D eigenvalue weighted by Crippen LogP contribution is 2.34. The molecule has 0 unspecified atom stereocenters. The van der Waals surface area contributed by atoms with Crippen molar-refractivity contribution < 1.29 is 18.7 Å². The number of pyridine rings is 1. The van der Waals surface area contributed by atoms with Gasteiger partial charge in [0.15, 0.2) is 11.5 Å². The molecular weight excluding hydrogens is 481 g/mol. The topological polar surface area (TPSA) is 63.7 Å². The number of aromatic nitrogens is 1. The molecule has 0 spiro atoms. The largest absolute Gasteiger partial charge is 0.489 e. The summed E-state index contributed by atoms with van der Waals surface area (Å²) in [6, 6.07) is 18.2. The number of halogens is 1. The Morgan fingerprint density at radius 1 is 1.08 bits per heavy atom. The molecule has 202 valence electrons. The number of amides is 1. The number of carbonyl (C=O) groups is 1. The Morgan fingerprint density at radius 3 is 2.61 bits per heavy atom. The number of nitrogens with one attached hydrogen (secondary N) is 1. The minimum absolute atomic E-state index is 0.0516. The lowest BCUT2D eigenvalue weighted by molar-refractivity contribution is -0.122. The number of hydrogen-bond donors (Lipinski definition) is 1. The van der Waals surface area contributed by atoms with Crippen LogP contribution in [0.4, 0.5) is 4.39 Å². The highest BCUT2D eigenvalue weighted by atomic mass is 19.1. The fraction of sp³-hybridized carbons (Fsp3) is 0.419. The van der Waals surface area contributed by atoms with Crippen molar-refractivity contribution in [3.63, 3.8) is 0 Å². The maximum Gasteiger partial charge on any atom is 0.234 e. The zero-order valence-corrected chi connectivity index (χ0v) is 22.8. The fourth-order valence-corrected chi connectivity index (χ4v) is 4.66. The maximum atomic E-state index is 14.4. The van der Waals surface area contributed by atoms with Crippen LogP contribution in [0.3, 0.4) is 0 Å². The number of nitrogens with zero attached hydrogens (tertiary/aromatic N) is 2. The van der Waals surface area contributed by atoms with Crippen molar-refractivity contribution in [2.45, 2.75) is 52.5 Å². The lowest BCUT2D eigenvalue weighted by Gasteiger charge is -2.28. The van der Waals surface area contributed by atoms with E-state index in [0.717, 1.165) is 24.9 Å². The summed E-state index contributed by atoms with van der Waals surface area (Å²) >= 11 is 0. The van der Waals surface area contributed by atoms with Crippen molar-refractivity contribution in [2.24, 2.45) is 5.41 Å². The Balaban J connectivity index is 1.51. The van der Waals surface area contributed by atoms with Gasteiger partial charge in [-0.2, -0.15) is 0 Å². The van der Waals surface area contributed by atoms with Crippen LogP contribution in [0.5, 0.6) is 17.4 Å². The summed E-state index contributed by atoms with van der Waals surface area (Å²) in [7, 11) is 0. The van der Waals surface area contributed by atoms with Gasteiger partial charge in [-0.05, 0) is 54.6 Å². The molecule has 0 saturated carbocycles. The van der Waals surface area contributed by atoms with Crippen molar-refractivity contribution in [3.05, 3.63) is 83.8 Å². The zero-order chi connectivity index (χ0) is 27.2. The summed E-state index contributed by atoms with van der Waals surface area (Å²) in [6.45, 7) is 10.6. The molecule has 7 heteroatoms. The van der Waals surface area contributed by atoms with Crippen molar-refractivity contribution in [2.75, 3.05) is 26.2 Å². The molecule has 38 heavy (non-hydrogen) atoms. The minimum Gasteiger partial charge on any atom is -0.489 e. The van der Waals surface area contributed by atoms with Gasteiger partial charge in [0.2, 0.25) is 11.8 Å². The smallest absolute Gasteiger partial charge is 0.234 e. The Bertz CT molecular complexity index is 1240. The van der Waals surface area contributed by atoms with Gasteiger partial charge in [0.1, 0.15) is 5.82 Å². The molecule has 1 amide bonds. The summed E-state index contributed by atoms with van der Waals surface area (Å²) in [5.41, 5.74) is 0.886. The van der Waals surface area contributed by atoms with Crippen LogP contribution < -0.4 is 14.8 Å². The third-order valence-corrected chi connectivity index (χ3v) is 6.94. The molecule has 1 aliphatic rings. The number of rotatable bonds is 5. The quantitative estimate of drug-likeness (QED) is 0.441. The minimum atomic E-state index is -0.539. The van der Waals surface area contributed by atoms with E-state index < -0.39 is 5.41 Å². The average Bonchev–Trinajstić information content (AvgIpc) is 2.88. The Morgan fingerprint density at radius 2 is 1.82 bits per heavy atom. The van der Waals surface area contributed by atoms with Crippen molar-refractivity contribution in [1.29, 1.82) is 0 Å². The van der Waals surface area contributed by atoms with Gasteiger partial charge in [0.25, 0.3) is 0 Å². The van der Waals surface area contributed by atoms with E-state index in [9.17, 15) is 9.18 Å². The predicted octanol–water partition coefficient (Wildman–Crippen LogP) is 6.11. The number of hydrogen-bond acceptors (Lipinski definition) is 5. The maximum absolute atomic E-state index is 14.4. The monoisotopic (exact) mass is 519 g/mol. The van der Waals surface area contributed by atoms with Gasteiger partial charge in [-0.1, -0.05) is 64.1 Å². The van der Waals surface area contributed by atoms with E-state index in [1.807, 2.05) is 56.3 Å². The predicted molar refractivity (Wildman–Crippen MR) is 147 cm³/mol. The van der Waals surface area contributed by atoms with Crippen molar-refractivity contribution >= 4 is 5.91 Å². The van der Waals surface area contributed by atoms with E-state index in [2.05, 4.69) is 29.0 Å². The molecule has 2 heterocycles. The van der Waals surface area contributed by atoms with E-state index in [4.69, 9.17) is 9.47 Å². The van der Waals surface area contributed by atoms with Crippen LogP contribution in [-0.4, -0.2) is 42.0 Å². The summed E-state index contributed by atoms with van der Waals surface area (Å²) < 4.78 is 26.8. The second kappa shape index (κ2) is 11.9. The molecule has 0 fully saturated rings. The summed E-state index contributed by atoms with van der Waals surface area (Å²) in [5, 5.41) is 3.03. The number of ether oxygens (including phenoxy) is 2. The molecule has 0 radical (unpaired) electrons. The third-order valence-electron chi connectivity index (χ3n) is 6.94. The van der Waals surface area contributed by atoms with E-state index >= 15 is 0 Å². The molecule has 0 aliphatic carbocycles. The molecule has 1 aliphatic heterocycles. The molecule has 1 aromatic heterocycles. The van der Waals surface area contributed by atoms with E-state index in [-0.39, 0.29) is 23.7 Å². The molecule has 1 N–H and O–H groups in total. The number of para-hydroxylation sites is 2. The third kappa shape index (κ3) is 7.32. The second-order valence-electron chi connectivity index (χ2n) is 11.4. The first kappa shape index (κ1) is 27.6.